The first-order valence-electron chi connectivity index (χ1n) is 8.04. The lowest BCUT2D eigenvalue weighted by molar-refractivity contribution is 0.150. The molecule has 0 saturated heterocycles. The molecule has 0 aliphatic heterocycles. The minimum atomic E-state index is -0.819. The van der Waals surface area contributed by atoms with Crippen molar-refractivity contribution >= 4 is 6.03 Å². The van der Waals surface area contributed by atoms with E-state index in [9.17, 15) is 14.7 Å². The van der Waals surface area contributed by atoms with Gasteiger partial charge in [0.2, 0.25) is 0 Å². The van der Waals surface area contributed by atoms with E-state index >= 15 is 0 Å². The minimum absolute atomic E-state index is 0.0891. The molecule has 1 atom stereocenters. The van der Waals surface area contributed by atoms with Crippen LogP contribution in [0.25, 0.3) is 0 Å². The number of aromatic nitrogens is 1. The number of carbonyl (C=O) groups excluding carboxylic acids is 1. The molecule has 0 saturated carbocycles. The molecule has 3 N–H and O–H groups in total. The van der Waals surface area contributed by atoms with Crippen LogP contribution in [-0.4, -0.2) is 34.9 Å². The van der Waals surface area contributed by atoms with Crippen molar-refractivity contribution in [1.82, 2.24) is 15.2 Å². The number of aryl methyl sites for hydroxylation is 1. The van der Waals surface area contributed by atoms with E-state index in [1.165, 1.54) is 16.2 Å². The molecule has 1 aromatic heterocycles. The van der Waals surface area contributed by atoms with Gasteiger partial charge in [-0.05, 0) is 24.5 Å². The molecule has 2 amide bonds. The van der Waals surface area contributed by atoms with Crippen molar-refractivity contribution < 1.29 is 9.90 Å². The van der Waals surface area contributed by atoms with Crippen LogP contribution in [0, 0.1) is 0 Å². The standard InChI is InChI=1S/C18H23N3O3/c22-16(14-21-12-5-4-10-17(21)23)13-20-18(24)19-11-6-9-15-7-2-1-3-8-15/h1-5,7-8,10,12,16,22H,6,9,11,13-14H2,(H2,19,20,24). The third-order valence-corrected chi connectivity index (χ3v) is 3.58. The lowest BCUT2D eigenvalue weighted by Gasteiger charge is -2.14. The van der Waals surface area contributed by atoms with E-state index in [-0.39, 0.29) is 24.7 Å². The predicted molar refractivity (Wildman–Crippen MR) is 92.9 cm³/mol. The van der Waals surface area contributed by atoms with Crippen molar-refractivity contribution in [1.29, 1.82) is 0 Å². The molecule has 2 aromatic rings. The molecular formula is C18H23N3O3. The average molecular weight is 329 g/mol. The highest BCUT2D eigenvalue weighted by atomic mass is 16.3. The summed E-state index contributed by atoms with van der Waals surface area (Å²) in [6, 6.07) is 14.6. The number of hydrogen-bond acceptors (Lipinski definition) is 3. The summed E-state index contributed by atoms with van der Waals surface area (Å²) in [6.07, 6.45) is 2.54. The molecule has 6 heteroatoms. The lowest BCUT2D eigenvalue weighted by Crippen LogP contribution is -2.41. The zero-order valence-electron chi connectivity index (χ0n) is 13.5. The van der Waals surface area contributed by atoms with Gasteiger partial charge in [0.1, 0.15) is 0 Å². The lowest BCUT2D eigenvalue weighted by atomic mass is 10.1. The van der Waals surface area contributed by atoms with Crippen LogP contribution < -0.4 is 16.2 Å². The Morgan fingerprint density at radius 1 is 1.08 bits per heavy atom. The fraction of sp³-hybridized carbons (Fsp3) is 0.333. The van der Waals surface area contributed by atoms with Crippen molar-refractivity contribution in [3.63, 3.8) is 0 Å². The van der Waals surface area contributed by atoms with E-state index in [1.807, 2.05) is 18.2 Å². The Hall–Kier alpha value is -2.60. The van der Waals surface area contributed by atoms with Gasteiger partial charge in [-0.3, -0.25) is 4.79 Å². The number of nitrogens with zero attached hydrogens (tertiary/aromatic N) is 1. The van der Waals surface area contributed by atoms with E-state index < -0.39 is 6.10 Å². The molecule has 1 unspecified atom stereocenters. The highest BCUT2D eigenvalue weighted by Gasteiger charge is 2.08. The van der Waals surface area contributed by atoms with Crippen molar-refractivity contribution in [2.24, 2.45) is 0 Å². The van der Waals surface area contributed by atoms with Crippen molar-refractivity contribution in [2.45, 2.75) is 25.5 Å². The molecule has 24 heavy (non-hydrogen) atoms. The third-order valence-electron chi connectivity index (χ3n) is 3.58. The van der Waals surface area contributed by atoms with Crippen LogP contribution in [0.15, 0.2) is 59.5 Å². The summed E-state index contributed by atoms with van der Waals surface area (Å²) in [5.41, 5.74) is 1.06. The normalized spacial score (nSPS) is 11.7. The fourth-order valence-electron chi connectivity index (χ4n) is 2.32. The van der Waals surface area contributed by atoms with E-state index in [0.717, 1.165) is 12.8 Å². The van der Waals surface area contributed by atoms with Gasteiger partial charge in [-0.2, -0.15) is 0 Å². The number of pyridine rings is 1. The van der Waals surface area contributed by atoms with E-state index in [4.69, 9.17) is 0 Å². The monoisotopic (exact) mass is 329 g/mol. The van der Waals surface area contributed by atoms with E-state index in [2.05, 4.69) is 22.8 Å². The largest absolute Gasteiger partial charge is 0.389 e. The Bertz CT molecular complexity index is 685. The second kappa shape index (κ2) is 9.52. The van der Waals surface area contributed by atoms with Gasteiger partial charge in [0.15, 0.2) is 0 Å². The summed E-state index contributed by atoms with van der Waals surface area (Å²) in [5.74, 6) is 0. The number of aliphatic hydroxyl groups excluding tert-OH is 1. The van der Waals surface area contributed by atoms with Crippen LogP contribution >= 0.6 is 0 Å². The van der Waals surface area contributed by atoms with Gasteiger partial charge in [0.05, 0.1) is 12.6 Å². The molecule has 6 nitrogen and oxygen atoms in total. The summed E-state index contributed by atoms with van der Waals surface area (Å²) >= 11 is 0. The second-order valence-corrected chi connectivity index (χ2v) is 5.57. The quantitative estimate of drug-likeness (QED) is 0.635. The van der Waals surface area contributed by atoms with Crippen LogP contribution in [0.3, 0.4) is 0 Å². The first-order chi connectivity index (χ1) is 11.6. The Kier molecular flexibility index (Phi) is 7.04. The van der Waals surface area contributed by atoms with Gasteiger partial charge in [-0.1, -0.05) is 36.4 Å². The summed E-state index contributed by atoms with van der Waals surface area (Å²) in [7, 11) is 0. The van der Waals surface area contributed by atoms with Crippen LogP contribution in [0.1, 0.15) is 12.0 Å². The zero-order valence-corrected chi connectivity index (χ0v) is 13.5. The zero-order chi connectivity index (χ0) is 17.2. The van der Waals surface area contributed by atoms with E-state index in [1.54, 1.807) is 18.3 Å². The Balaban J connectivity index is 1.60. The van der Waals surface area contributed by atoms with Gasteiger partial charge in [0.25, 0.3) is 5.56 Å². The van der Waals surface area contributed by atoms with E-state index in [0.29, 0.717) is 6.54 Å². The molecule has 1 heterocycles. The van der Waals surface area contributed by atoms with Gasteiger partial charge in [-0.15, -0.1) is 0 Å². The maximum absolute atomic E-state index is 11.7. The Morgan fingerprint density at radius 2 is 1.83 bits per heavy atom. The highest BCUT2D eigenvalue weighted by Crippen LogP contribution is 2.01. The Morgan fingerprint density at radius 3 is 2.58 bits per heavy atom. The van der Waals surface area contributed by atoms with Crippen molar-refractivity contribution in [3.8, 4) is 0 Å². The fourth-order valence-corrected chi connectivity index (χ4v) is 2.32. The van der Waals surface area contributed by atoms with Gasteiger partial charge in [0, 0.05) is 25.4 Å². The molecule has 1 aromatic carbocycles. The first kappa shape index (κ1) is 17.7. The van der Waals surface area contributed by atoms with Gasteiger partial charge in [-0.25, -0.2) is 4.79 Å². The number of aliphatic hydroxyl groups is 1. The summed E-state index contributed by atoms with van der Waals surface area (Å²) in [5, 5.41) is 15.3. The number of rotatable bonds is 8. The van der Waals surface area contributed by atoms with Gasteiger partial charge >= 0.3 is 6.03 Å². The topological polar surface area (TPSA) is 83.4 Å². The summed E-state index contributed by atoms with van der Waals surface area (Å²) < 4.78 is 1.41. The molecule has 0 aliphatic rings. The number of benzene rings is 1. The van der Waals surface area contributed by atoms with Crippen molar-refractivity contribution in [3.05, 3.63) is 70.6 Å². The van der Waals surface area contributed by atoms with Gasteiger partial charge < -0.3 is 20.3 Å². The number of nitrogens with one attached hydrogen (secondary N) is 2. The predicted octanol–water partition coefficient (Wildman–Crippen LogP) is 1.14. The number of amides is 2. The number of carbonyl (C=O) groups is 1. The molecule has 0 bridgehead atoms. The average Bonchev–Trinajstić information content (AvgIpc) is 2.60. The number of urea groups is 1. The van der Waals surface area contributed by atoms with Crippen LogP contribution in [-0.2, 0) is 13.0 Å². The maximum Gasteiger partial charge on any atom is 0.314 e. The summed E-state index contributed by atoms with van der Waals surface area (Å²) in [4.78, 5) is 23.2. The molecule has 0 aliphatic carbocycles. The molecule has 2 rings (SSSR count). The minimum Gasteiger partial charge on any atom is -0.389 e. The van der Waals surface area contributed by atoms with Crippen LogP contribution in [0.4, 0.5) is 4.79 Å². The SMILES string of the molecule is O=C(NCCCc1ccccc1)NCC(O)Cn1ccccc1=O. The summed E-state index contributed by atoms with van der Waals surface area (Å²) in [6.45, 7) is 0.800. The highest BCUT2D eigenvalue weighted by molar-refractivity contribution is 5.73. The molecule has 0 spiro atoms. The second-order valence-electron chi connectivity index (χ2n) is 5.57. The van der Waals surface area contributed by atoms with Crippen LogP contribution in [0.2, 0.25) is 0 Å². The van der Waals surface area contributed by atoms with Crippen molar-refractivity contribution in [2.75, 3.05) is 13.1 Å². The molecule has 128 valence electrons. The Labute approximate surface area is 141 Å². The smallest absolute Gasteiger partial charge is 0.314 e. The molecule has 0 radical (unpaired) electrons. The first-order valence-corrected chi connectivity index (χ1v) is 8.04. The molecular weight excluding hydrogens is 306 g/mol. The molecule has 0 fully saturated rings. The van der Waals surface area contributed by atoms with Crippen LogP contribution in [0.5, 0.6) is 0 Å². The maximum atomic E-state index is 11.7. The third kappa shape index (κ3) is 6.26. The number of hydrogen-bond donors (Lipinski definition) is 3.